The van der Waals surface area contributed by atoms with Gasteiger partial charge in [0.05, 0.1) is 4.90 Å². The normalized spacial score (nSPS) is 12.8. The van der Waals surface area contributed by atoms with Gasteiger partial charge in [-0.2, -0.15) is 0 Å². The summed E-state index contributed by atoms with van der Waals surface area (Å²) in [5.41, 5.74) is 0.365. The zero-order valence-electron chi connectivity index (χ0n) is 18.9. The van der Waals surface area contributed by atoms with Crippen LogP contribution in [0.3, 0.4) is 0 Å². The Morgan fingerprint density at radius 3 is 1.68 bits per heavy atom. The van der Waals surface area contributed by atoms with E-state index in [2.05, 4.69) is 0 Å². The third-order valence-electron chi connectivity index (χ3n) is 4.70. The molecule has 34 heavy (non-hydrogen) atoms. The molecule has 176 valence electrons. The summed E-state index contributed by atoms with van der Waals surface area (Å²) in [5.74, 6) is 1.19. The van der Waals surface area contributed by atoms with Gasteiger partial charge in [0.15, 0.2) is 0 Å². The minimum Gasteiger partial charge on any atom is -0.744 e. The molecule has 0 amide bonds. The Kier molecular flexibility index (Phi) is 10.9. The quantitative estimate of drug-likeness (QED) is 0.258. The molecular weight excluding hydrogens is 453 g/mol. The molecule has 0 spiro atoms. The first kappa shape index (κ1) is 27.7. The van der Waals surface area contributed by atoms with Gasteiger partial charge < -0.3 is 29.1 Å². The number of benzene rings is 3. The second kappa shape index (κ2) is 13.4. The Hall–Kier alpha value is -2.51. The van der Waals surface area contributed by atoms with E-state index in [4.69, 9.17) is 9.47 Å². The van der Waals surface area contributed by atoms with E-state index >= 15 is 0 Å². The molecule has 0 heterocycles. The average molecular weight is 479 g/mol. The van der Waals surface area contributed by atoms with Gasteiger partial charge in [-0.05, 0) is 42.5 Å². The van der Waals surface area contributed by atoms with Gasteiger partial charge in [0, 0.05) is 18.8 Å². The van der Waals surface area contributed by atoms with Crippen LogP contribution in [-0.2, 0) is 10.1 Å². The molecule has 0 bridgehead atoms. The van der Waals surface area contributed by atoms with Crippen LogP contribution in [0.5, 0.6) is 11.5 Å². The van der Waals surface area contributed by atoms with Gasteiger partial charge in [-0.1, -0.05) is 42.5 Å². The van der Waals surface area contributed by atoms with Crippen molar-refractivity contribution >= 4 is 15.8 Å². The van der Waals surface area contributed by atoms with Crippen molar-refractivity contribution in [2.45, 2.75) is 17.1 Å². The Bertz CT molecular complexity index is 1050. The summed E-state index contributed by atoms with van der Waals surface area (Å²) in [5, 5.41) is 21.1. The van der Waals surface area contributed by atoms with E-state index in [9.17, 15) is 23.2 Å². The van der Waals surface area contributed by atoms with Crippen LogP contribution < -0.4 is 33.2 Å². The van der Waals surface area contributed by atoms with Gasteiger partial charge in [-0.25, -0.2) is 8.42 Å². The molecule has 2 atom stereocenters. The number of aliphatic hydroxyl groups excluding tert-OH is 2. The van der Waals surface area contributed by atoms with Gasteiger partial charge in [0.2, 0.25) is 0 Å². The Labute approximate surface area is 211 Å². The molecule has 0 radical (unpaired) electrons. The van der Waals surface area contributed by atoms with Gasteiger partial charge in [-0.3, -0.25) is 0 Å². The fourth-order valence-electron chi connectivity index (χ4n) is 3.15. The first-order valence-electron chi connectivity index (χ1n) is 10.3. The molecule has 2 unspecified atom stereocenters. The SMILES string of the molecule is O=S(=O)([O-])c1cccc(N(CC(O)COc2ccccc2)CC(O)COc2ccccc2)c1.[Li+]. The Morgan fingerprint density at radius 2 is 1.24 bits per heavy atom. The molecule has 8 nitrogen and oxygen atoms in total. The minimum atomic E-state index is -4.66. The van der Waals surface area contributed by atoms with E-state index in [0.717, 1.165) is 0 Å². The van der Waals surface area contributed by atoms with E-state index in [1.165, 1.54) is 18.2 Å². The molecule has 0 saturated heterocycles. The van der Waals surface area contributed by atoms with E-state index < -0.39 is 27.2 Å². The molecule has 0 fully saturated rings. The summed E-state index contributed by atoms with van der Waals surface area (Å²) in [6.45, 7) is 0.0164. The summed E-state index contributed by atoms with van der Waals surface area (Å²) in [6, 6.07) is 23.5. The number of aliphatic hydroxyl groups is 2. The second-order valence-electron chi connectivity index (χ2n) is 7.41. The van der Waals surface area contributed by atoms with Gasteiger partial charge >= 0.3 is 18.9 Å². The van der Waals surface area contributed by atoms with Gasteiger partial charge in [-0.15, -0.1) is 0 Å². The standard InChI is InChI=1S/C24H27NO7S.Li/c26-20(17-31-22-9-3-1-4-10-22)15-25(19-8-7-13-24(14-19)33(28,29)30)16-21(27)18-32-23-11-5-2-6-12-23;/h1-14,20-21,26-27H,15-18H2,(H,28,29,30);/q;+1/p-1. The predicted octanol–water partition coefficient (Wildman–Crippen LogP) is -0.719. The number of hydrogen-bond donors (Lipinski definition) is 2. The zero-order valence-corrected chi connectivity index (χ0v) is 19.7. The first-order valence-corrected chi connectivity index (χ1v) is 11.7. The Morgan fingerprint density at radius 1 is 0.765 bits per heavy atom. The zero-order chi connectivity index (χ0) is 23.7. The molecule has 2 N–H and O–H groups in total. The maximum Gasteiger partial charge on any atom is 1.00 e. The van der Waals surface area contributed by atoms with E-state index in [-0.39, 0.29) is 45.2 Å². The van der Waals surface area contributed by atoms with Crippen LogP contribution in [0.25, 0.3) is 0 Å². The maximum absolute atomic E-state index is 11.5. The largest absolute Gasteiger partial charge is 1.00 e. The number of para-hydroxylation sites is 2. The molecule has 3 aromatic rings. The van der Waals surface area contributed by atoms with E-state index in [1.807, 2.05) is 36.4 Å². The number of nitrogens with zero attached hydrogens (tertiary/aromatic N) is 1. The van der Waals surface area contributed by atoms with Crippen molar-refractivity contribution in [3.8, 4) is 11.5 Å². The van der Waals surface area contributed by atoms with E-state index in [1.54, 1.807) is 35.2 Å². The van der Waals surface area contributed by atoms with Crippen molar-refractivity contribution in [1.29, 1.82) is 0 Å². The number of ether oxygens (including phenoxy) is 2. The molecule has 0 aliphatic carbocycles. The molecule has 0 aliphatic rings. The van der Waals surface area contributed by atoms with Crippen LogP contribution in [0.2, 0.25) is 0 Å². The van der Waals surface area contributed by atoms with Gasteiger partial charge in [0.25, 0.3) is 0 Å². The van der Waals surface area contributed by atoms with Crippen LogP contribution in [0.1, 0.15) is 0 Å². The molecule has 0 aliphatic heterocycles. The number of rotatable bonds is 12. The minimum absolute atomic E-state index is 0. The summed E-state index contributed by atoms with van der Waals surface area (Å²) in [7, 11) is -4.66. The van der Waals surface area contributed by atoms with E-state index in [0.29, 0.717) is 17.2 Å². The monoisotopic (exact) mass is 479 g/mol. The van der Waals surface area contributed by atoms with Gasteiger partial charge in [0.1, 0.15) is 47.0 Å². The topological polar surface area (TPSA) is 119 Å². The van der Waals surface area contributed by atoms with Crippen molar-refractivity contribution < 1.29 is 51.5 Å². The third kappa shape index (κ3) is 9.03. The fourth-order valence-corrected chi connectivity index (χ4v) is 3.66. The van der Waals surface area contributed by atoms with Crippen molar-refractivity contribution in [2.75, 3.05) is 31.2 Å². The van der Waals surface area contributed by atoms with Crippen molar-refractivity contribution in [3.05, 3.63) is 84.9 Å². The number of hydrogen-bond acceptors (Lipinski definition) is 8. The summed E-state index contributed by atoms with van der Waals surface area (Å²) >= 11 is 0. The average Bonchev–Trinajstić information content (AvgIpc) is 2.82. The van der Waals surface area contributed by atoms with Crippen LogP contribution in [0.15, 0.2) is 89.8 Å². The molecular formula is C24H26LiNO7S. The molecule has 0 saturated carbocycles. The van der Waals surface area contributed by atoms with Crippen LogP contribution >= 0.6 is 0 Å². The van der Waals surface area contributed by atoms with Crippen LogP contribution in [0.4, 0.5) is 5.69 Å². The van der Waals surface area contributed by atoms with Crippen molar-refractivity contribution in [1.82, 2.24) is 0 Å². The fraction of sp³-hybridized carbons (Fsp3) is 0.250. The maximum atomic E-state index is 11.5. The van der Waals surface area contributed by atoms with Crippen LogP contribution in [0, 0.1) is 0 Å². The molecule has 10 heteroatoms. The molecule has 0 aromatic heterocycles. The molecule has 3 rings (SSSR count). The molecule has 3 aromatic carbocycles. The van der Waals surface area contributed by atoms with Crippen LogP contribution in [-0.4, -0.2) is 61.7 Å². The first-order chi connectivity index (χ1) is 15.8. The Balaban J connectivity index is 0.00000408. The third-order valence-corrected chi connectivity index (χ3v) is 5.54. The summed E-state index contributed by atoms with van der Waals surface area (Å²) < 4.78 is 45.5. The summed E-state index contributed by atoms with van der Waals surface area (Å²) in [4.78, 5) is 1.20. The predicted molar refractivity (Wildman–Crippen MR) is 123 cm³/mol. The van der Waals surface area contributed by atoms with Crippen molar-refractivity contribution in [2.24, 2.45) is 0 Å². The smallest absolute Gasteiger partial charge is 0.744 e. The second-order valence-corrected chi connectivity index (χ2v) is 8.79. The summed E-state index contributed by atoms with van der Waals surface area (Å²) in [6.07, 6.45) is -1.92. The van der Waals surface area contributed by atoms with Crippen molar-refractivity contribution in [3.63, 3.8) is 0 Å². The number of anilines is 1.